The lowest BCUT2D eigenvalue weighted by Gasteiger charge is -2.20. The molecule has 0 spiro atoms. The minimum atomic E-state index is -0.342. The molecule has 9 aromatic carbocycles. The van der Waals surface area contributed by atoms with Gasteiger partial charge in [-0.1, -0.05) is 97.1 Å². The third kappa shape index (κ3) is 3.72. The highest BCUT2D eigenvalue weighted by atomic mass is 16.3. The van der Waals surface area contributed by atoms with E-state index in [1.54, 1.807) is 0 Å². The van der Waals surface area contributed by atoms with Crippen molar-refractivity contribution in [1.29, 1.82) is 0 Å². The summed E-state index contributed by atoms with van der Waals surface area (Å²) in [5.74, 6) is -0.650. The first-order valence-corrected chi connectivity index (χ1v) is 15.4. The van der Waals surface area contributed by atoms with Crippen LogP contribution in [0.25, 0.3) is 86.9 Å². The molecule has 0 amide bonds. The number of benzene rings is 9. The van der Waals surface area contributed by atoms with Gasteiger partial charge in [0.15, 0.2) is 11.5 Å². The average Bonchev–Trinajstić information content (AvgIpc) is 3.09. The largest absolute Gasteiger partial charge is 0.507 e. The normalized spacial score (nSPS) is 11.8. The van der Waals surface area contributed by atoms with Gasteiger partial charge in [-0.15, -0.1) is 0 Å². The fourth-order valence-corrected chi connectivity index (χ4v) is 7.42. The van der Waals surface area contributed by atoms with E-state index in [-0.39, 0.29) is 22.8 Å². The van der Waals surface area contributed by atoms with Crippen molar-refractivity contribution in [3.05, 3.63) is 139 Å². The molecule has 0 fully saturated rings. The van der Waals surface area contributed by atoms with E-state index in [1.807, 2.05) is 73.7 Å². The van der Waals surface area contributed by atoms with Crippen LogP contribution in [0, 0.1) is 6.92 Å². The third-order valence-electron chi connectivity index (χ3n) is 9.65. The summed E-state index contributed by atoms with van der Waals surface area (Å²) in [6.07, 6.45) is 0. The van der Waals surface area contributed by atoms with Crippen LogP contribution in [0.2, 0.25) is 0 Å². The van der Waals surface area contributed by atoms with E-state index < -0.39 is 0 Å². The van der Waals surface area contributed by atoms with Crippen molar-refractivity contribution in [2.45, 2.75) is 6.92 Å². The summed E-state index contributed by atoms with van der Waals surface area (Å²) in [5, 5.41) is 48.2. The van der Waals surface area contributed by atoms with Gasteiger partial charge in [-0.3, -0.25) is 0 Å². The number of hydrogen-bond donors (Lipinski definition) is 3. The van der Waals surface area contributed by atoms with Crippen LogP contribution in [0.5, 0.6) is 17.2 Å². The van der Waals surface area contributed by atoms with Gasteiger partial charge in [0.1, 0.15) is 5.75 Å². The van der Waals surface area contributed by atoms with Crippen LogP contribution in [-0.2, 0) is 0 Å². The maximum atomic E-state index is 12.0. The number of rotatable bonds is 2. The predicted octanol–water partition coefficient (Wildman–Crippen LogP) is 11.4. The van der Waals surface area contributed by atoms with Gasteiger partial charge in [0, 0.05) is 11.1 Å². The Bertz CT molecular complexity index is 2520. The first-order chi connectivity index (χ1) is 22.5. The molecule has 3 nitrogen and oxygen atoms in total. The molecule has 0 bridgehead atoms. The van der Waals surface area contributed by atoms with E-state index in [4.69, 9.17) is 0 Å². The lowest BCUT2D eigenvalue weighted by atomic mass is 9.86. The Labute approximate surface area is 264 Å². The Morgan fingerprint density at radius 2 is 0.696 bits per heavy atom. The van der Waals surface area contributed by atoms with Crippen LogP contribution in [0.15, 0.2) is 133 Å². The SMILES string of the molecule is Cc1c(O)c(-c2cc3cc4ccccc4cc3c3ccccc23)c(O)c(O)c1-c1cc2cc3ccccc3cc2c2ccccc12. The van der Waals surface area contributed by atoms with Crippen LogP contribution in [0.3, 0.4) is 0 Å². The molecule has 0 saturated carbocycles. The van der Waals surface area contributed by atoms with Gasteiger partial charge in [-0.05, 0) is 119 Å². The van der Waals surface area contributed by atoms with E-state index in [0.29, 0.717) is 16.7 Å². The standard InChI is InChI=1S/C43H28O3/c1-24-39(37-22-29-18-25-10-2-4-12-27(25)20-35(29)31-14-6-8-16-33(31)37)42(45)43(46)40(41(24)44)38-23-30-19-26-11-3-5-13-28(26)21-36(30)32-15-7-9-17-34(32)38/h2-23,44-46H,1H3. The quantitative estimate of drug-likeness (QED) is 0.0810. The number of hydrogen-bond acceptors (Lipinski definition) is 3. The minimum absolute atomic E-state index is 0.0571. The molecule has 46 heavy (non-hydrogen) atoms. The number of fused-ring (bicyclic) bond motifs is 8. The summed E-state index contributed by atoms with van der Waals surface area (Å²) in [5.41, 5.74) is 2.55. The molecule has 3 heteroatoms. The maximum Gasteiger partial charge on any atom is 0.169 e. The first kappa shape index (κ1) is 26.4. The van der Waals surface area contributed by atoms with Crippen molar-refractivity contribution in [2.75, 3.05) is 0 Å². The summed E-state index contributed by atoms with van der Waals surface area (Å²) in [6.45, 7) is 1.81. The van der Waals surface area contributed by atoms with Gasteiger partial charge in [0.2, 0.25) is 0 Å². The summed E-state index contributed by atoms with van der Waals surface area (Å²) < 4.78 is 0. The van der Waals surface area contributed by atoms with Gasteiger partial charge in [-0.25, -0.2) is 0 Å². The first-order valence-electron chi connectivity index (χ1n) is 15.4. The van der Waals surface area contributed by atoms with Crippen molar-refractivity contribution >= 4 is 64.6 Å². The number of aromatic hydroxyl groups is 3. The Hall–Kier alpha value is -6.06. The predicted molar refractivity (Wildman–Crippen MR) is 192 cm³/mol. The molecule has 3 N–H and O–H groups in total. The van der Waals surface area contributed by atoms with Gasteiger partial charge in [0.05, 0.1) is 5.56 Å². The van der Waals surface area contributed by atoms with Crippen molar-refractivity contribution in [1.82, 2.24) is 0 Å². The van der Waals surface area contributed by atoms with E-state index in [1.165, 1.54) is 0 Å². The molecule has 0 saturated heterocycles. The Morgan fingerprint density at radius 3 is 1.17 bits per heavy atom. The fourth-order valence-electron chi connectivity index (χ4n) is 7.42. The zero-order valence-electron chi connectivity index (χ0n) is 25.0. The second-order valence-electron chi connectivity index (χ2n) is 12.2. The van der Waals surface area contributed by atoms with Crippen molar-refractivity contribution in [2.24, 2.45) is 0 Å². The van der Waals surface area contributed by atoms with Gasteiger partial charge in [0.25, 0.3) is 0 Å². The monoisotopic (exact) mass is 592 g/mol. The summed E-state index contributed by atoms with van der Waals surface area (Å²) in [7, 11) is 0. The van der Waals surface area contributed by atoms with Crippen molar-refractivity contribution in [3.8, 4) is 39.5 Å². The molecule has 0 radical (unpaired) electrons. The van der Waals surface area contributed by atoms with E-state index in [9.17, 15) is 15.3 Å². The molecule has 0 aliphatic heterocycles. The Kier molecular flexibility index (Phi) is 5.57. The second kappa shape index (κ2) is 9.72. The molecule has 0 aliphatic carbocycles. The smallest absolute Gasteiger partial charge is 0.169 e. The lowest BCUT2D eigenvalue weighted by Crippen LogP contribution is -1.94. The summed E-state index contributed by atoms with van der Waals surface area (Å²) >= 11 is 0. The molecule has 9 aromatic rings. The Balaban J connectivity index is 1.34. The topological polar surface area (TPSA) is 60.7 Å². The summed E-state index contributed by atoms with van der Waals surface area (Å²) in [4.78, 5) is 0. The molecule has 0 aliphatic rings. The van der Waals surface area contributed by atoms with Gasteiger partial charge in [-0.2, -0.15) is 0 Å². The number of phenolic OH excluding ortho intramolecular Hbond substituents is 3. The molecular formula is C43H28O3. The van der Waals surface area contributed by atoms with Crippen LogP contribution in [0.4, 0.5) is 0 Å². The molecule has 218 valence electrons. The highest BCUT2D eigenvalue weighted by Gasteiger charge is 2.26. The molecule has 9 rings (SSSR count). The molecule has 0 unspecified atom stereocenters. The fraction of sp³-hybridized carbons (Fsp3) is 0.0233. The Morgan fingerprint density at radius 1 is 0.326 bits per heavy atom. The van der Waals surface area contributed by atoms with Crippen LogP contribution in [0.1, 0.15) is 5.56 Å². The van der Waals surface area contributed by atoms with Crippen molar-refractivity contribution < 1.29 is 15.3 Å². The summed E-state index contributed by atoms with van der Waals surface area (Å²) in [6, 6.07) is 45.4. The van der Waals surface area contributed by atoms with Crippen LogP contribution < -0.4 is 0 Å². The maximum absolute atomic E-state index is 12.0. The highest BCUT2D eigenvalue weighted by Crippen LogP contribution is 2.54. The van der Waals surface area contributed by atoms with Crippen LogP contribution >= 0.6 is 0 Å². The van der Waals surface area contributed by atoms with E-state index in [0.717, 1.165) is 70.2 Å². The van der Waals surface area contributed by atoms with E-state index in [2.05, 4.69) is 66.7 Å². The van der Waals surface area contributed by atoms with Gasteiger partial charge < -0.3 is 15.3 Å². The zero-order valence-corrected chi connectivity index (χ0v) is 25.0. The average molecular weight is 593 g/mol. The number of phenols is 3. The molecular weight excluding hydrogens is 564 g/mol. The van der Waals surface area contributed by atoms with Crippen LogP contribution in [-0.4, -0.2) is 15.3 Å². The third-order valence-corrected chi connectivity index (χ3v) is 9.65. The highest BCUT2D eigenvalue weighted by molar-refractivity contribution is 6.20. The van der Waals surface area contributed by atoms with Crippen molar-refractivity contribution in [3.63, 3.8) is 0 Å². The zero-order chi connectivity index (χ0) is 31.1. The van der Waals surface area contributed by atoms with Gasteiger partial charge >= 0.3 is 0 Å². The van der Waals surface area contributed by atoms with E-state index >= 15 is 0 Å². The lowest BCUT2D eigenvalue weighted by molar-refractivity contribution is 0.399. The second-order valence-corrected chi connectivity index (χ2v) is 12.2. The molecule has 0 atom stereocenters. The molecule has 0 heterocycles. The molecule has 0 aromatic heterocycles. The minimum Gasteiger partial charge on any atom is -0.507 e.